The zero-order valence-corrected chi connectivity index (χ0v) is 25.3. The van der Waals surface area contributed by atoms with Gasteiger partial charge in [0, 0.05) is 27.5 Å². The quantitative estimate of drug-likeness (QED) is 0.197. The molecule has 0 saturated heterocycles. The highest BCUT2D eigenvalue weighted by Gasteiger charge is 2.18. The first kappa shape index (κ1) is 27.0. The van der Waals surface area contributed by atoms with Gasteiger partial charge in [-0.25, -0.2) is 15.0 Å². The van der Waals surface area contributed by atoms with Gasteiger partial charge in [0.15, 0.2) is 17.5 Å². The minimum Gasteiger partial charge on any atom is -0.456 e. The topological polar surface area (TPSA) is 51.8 Å². The summed E-state index contributed by atoms with van der Waals surface area (Å²) >= 11 is 0. The lowest BCUT2D eigenvalue weighted by Crippen LogP contribution is -2.00. The third kappa shape index (κ3) is 4.84. The molecule has 0 amide bonds. The number of hydrogen-bond acceptors (Lipinski definition) is 4. The second-order valence-corrected chi connectivity index (χ2v) is 11.6. The monoisotopic (exact) mass is 601 g/mol. The highest BCUT2D eigenvalue weighted by Crippen LogP contribution is 2.37. The van der Waals surface area contributed by atoms with Gasteiger partial charge in [0.1, 0.15) is 11.2 Å². The maximum Gasteiger partial charge on any atom is 0.164 e. The van der Waals surface area contributed by atoms with E-state index >= 15 is 0 Å². The molecule has 220 valence electrons. The minimum atomic E-state index is 0.602. The lowest BCUT2D eigenvalue weighted by atomic mass is 9.97. The molecule has 9 aromatic rings. The predicted octanol–water partition coefficient (Wildman–Crippen LogP) is 11.3. The zero-order valence-electron chi connectivity index (χ0n) is 25.3. The van der Waals surface area contributed by atoms with Crippen molar-refractivity contribution in [1.82, 2.24) is 15.0 Å². The van der Waals surface area contributed by atoms with Crippen LogP contribution in [0.2, 0.25) is 0 Å². The zero-order chi connectivity index (χ0) is 31.2. The van der Waals surface area contributed by atoms with E-state index in [2.05, 4.69) is 121 Å². The van der Waals surface area contributed by atoms with Gasteiger partial charge in [-0.05, 0) is 57.3 Å². The summed E-state index contributed by atoms with van der Waals surface area (Å²) in [6.45, 7) is 0. The summed E-state index contributed by atoms with van der Waals surface area (Å²) in [5.74, 6) is 1.84. The molecule has 0 fully saturated rings. The predicted molar refractivity (Wildman–Crippen MR) is 192 cm³/mol. The van der Waals surface area contributed by atoms with Crippen molar-refractivity contribution in [3.63, 3.8) is 0 Å². The molecular weight excluding hydrogens is 574 g/mol. The van der Waals surface area contributed by atoms with Crippen molar-refractivity contribution >= 4 is 32.7 Å². The van der Waals surface area contributed by atoms with Crippen molar-refractivity contribution in [1.29, 1.82) is 0 Å². The van der Waals surface area contributed by atoms with Crippen molar-refractivity contribution in [3.8, 4) is 56.4 Å². The lowest BCUT2D eigenvalue weighted by molar-refractivity contribution is 0.669. The molecule has 0 atom stereocenters. The molecule has 0 N–H and O–H groups in total. The van der Waals surface area contributed by atoms with Crippen LogP contribution in [0.1, 0.15) is 0 Å². The number of para-hydroxylation sites is 1. The Balaban J connectivity index is 1.26. The molecule has 4 nitrogen and oxygen atoms in total. The van der Waals surface area contributed by atoms with Crippen molar-refractivity contribution < 1.29 is 4.42 Å². The number of nitrogens with zero attached hydrogens (tertiary/aromatic N) is 3. The molecule has 0 aliphatic rings. The molecule has 2 aromatic heterocycles. The molecule has 0 spiro atoms. The molecule has 0 saturated carbocycles. The fourth-order valence-electron chi connectivity index (χ4n) is 6.48. The van der Waals surface area contributed by atoms with E-state index in [4.69, 9.17) is 19.4 Å². The fraction of sp³-hybridized carbons (Fsp3) is 0. The molecule has 0 unspecified atom stereocenters. The smallest absolute Gasteiger partial charge is 0.164 e. The molecule has 0 aliphatic carbocycles. The number of hydrogen-bond donors (Lipinski definition) is 0. The Morgan fingerprint density at radius 2 is 0.936 bits per heavy atom. The summed E-state index contributed by atoms with van der Waals surface area (Å²) in [7, 11) is 0. The Bertz CT molecular complexity index is 2570. The molecule has 0 aliphatic heterocycles. The van der Waals surface area contributed by atoms with E-state index in [-0.39, 0.29) is 0 Å². The van der Waals surface area contributed by atoms with Gasteiger partial charge < -0.3 is 4.42 Å². The molecule has 0 bridgehead atoms. The number of fused-ring (bicyclic) bond motifs is 4. The van der Waals surface area contributed by atoms with E-state index in [0.29, 0.717) is 17.5 Å². The van der Waals surface area contributed by atoms with Crippen LogP contribution < -0.4 is 0 Å². The van der Waals surface area contributed by atoms with Gasteiger partial charge in [-0.15, -0.1) is 0 Å². The van der Waals surface area contributed by atoms with E-state index in [0.717, 1.165) is 55.1 Å². The van der Waals surface area contributed by atoms with Gasteiger partial charge >= 0.3 is 0 Å². The molecule has 2 heterocycles. The first-order valence-corrected chi connectivity index (χ1v) is 15.7. The van der Waals surface area contributed by atoms with Crippen LogP contribution in [0.3, 0.4) is 0 Å². The Hall–Kier alpha value is -6.39. The average molecular weight is 602 g/mol. The SMILES string of the molecule is c1ccc(-c2cccc(-c3nc(-c4ccc5c(-c6ccccc6)cccc5c4)nc(-c4cccc5oc6ccccc6c45)n3)c2)cc1. The Morgan fingerprint density at radius 1 is 0.340 bits per heavy atom. The van der Waals surface area contributed by atoms with Crippen molar-refractivity contribution in [3.05, 3.63) is 164 Å². The summed E-state index contributed by atoms with van der Waals surface area (Å²) in [6.07, 6.45) is 0. The molecular formula is C43H27N3O. The largest absolute Gasteiger partial charge is 0.456 e. The van der Waals surface area contributed by atoms with Gasteiger partial charge in [-0.3, -0.25) is 0 Å². The molecule has 0 radical (unpaired) electrons. The Morgan fingerprint density at radius 3 is 1.77 bits per heavy atom. The number of benzene rings is 7. The normalized spacial score (nSPS) is 11.4. The minimum absolute atomic E-state index is 0.602. The second-order valence-electron chi connectivity index (χ2n) is 11.6. The van der Waals surface area contributed by atoms with Gasteiger partial charge in [-0.1, -0.05) is 140 Å². The third-order valence-electron chi connectivity index (χ3n) is 8.73. The second kappa shape index (κ2) is 11.2. The first-order valence-electron chi connectivity index (χ1n) is 15.7. The number of furan rings is 1. The van der Waals surface area contributed by atoms with E-state index < -0.39 is 0 Å². The van der Waals surface area contributed by atoms with Gasteiger partial charge in [0.05, 0.1) is 0 Å². The maximum atomic E-state index is 6.23. The van der Waals surface area contributed by atoms with E-state index in [9.17, 15) is 0 Å². The highest BCUT2D eigenvalue weighted by molar-refractivity contribution is 6.11. The van der Waals surface area contributed by atoms with E-state index in [1.54, 1.807) is 0 Å². The van der Waals surface area contributed by atoms with Crippen LogP contribution in [0.5, 0.6) is 0 Å². The maximum absolute atomic E-state index is 6.23. The van der Waals surface area contributed by atoms with Crippen LogP contribution in [0.25, 0.3) is 89.1 Å². The summed E-state index contributed by atoms with van der Waals surface area (Å²) in [5.41, 5.74) is 9.03. The molecule has 7 aromatic carbocycles. The average Bonchev–Trinajstić information content (AvgIpc) is 3.54. The summed E-state index contributed by atoms with van der Waals surface area (Å²) < 4.78 is 6.23. The van der Waals surface area contributed by atoms with Crippen LogP contribution >= 0.6 is 0 Å². The van der Waals surface area contributed by atoms with Crippen molar-refractivity contribution in [2.45, 2.75) is 0 Å². The highest BCUT2D eigenvalue weighted by atomic mass is 16.3. The van der Waals surface area contributed by atoms with Crippen molar-refractivity contribution in [2.75, 3.05) is 0 Å². The first-order chi connectivity index (χ1) is 23.3. The third-order valence-corrected chi connectivity index (χ3v) is 8.73. The van der Waals surface area contributed by atoms with Crippen LogP contribution in [-0.2, 0) is 0 Å². The van der Waals surface area contributed by atoms with Crippen LogP contribution in [0.4, 0.5) is 0 Å². The fourth-order valence-corrected chi connectivity index (χ4v) is 6.48. The molecule has 47 heavy (non-hydrogen) atoms. The summed E-state index contributed by atoms with van der Waals surface area (Å²) in [4.78, 5) is 15.4. The van der Waals surface area contributed by atoms with Gasteiger partial charge in [0.25, 0.3) is 0 Å². The van der Waals surface area contributed by atoms with Crippen LogP contribution in [-0.4, -0.2) is 15.0 Å². The van der Waals surface area contributed by atoms with Crippen LogP contribution in [0.15, 0.2) is 168 Å². The Kier molecular flexibility index (Phi) is 6.43. The van der Waals surface area contributed by atoms with Crippen LogP contribution in [0, 0.1) is 0 Å². The Labute approximate surface area is 271 Å². The van der Waals surface area contributed by atoms with Gasteiger partial charge in [-0.2, -0.15) is 0 Å². The van der Waals surface area contributed by atoms with E-state index in [1.807, 2.05) is 42.5 Å². The lowest BCUT2D eigenvalue weighted by Gasteiger charge is -2.12. The number of aromatic nitrogens is 3. The van der Waals surface area contributed by atoms with E-state index in [1.165, 1.54) is 16.5 Å². The van der Waals surface area contributed by atoms with Gasteiger partial charge in [0.2, 0.25) is 0 Å². The summed E-state index contributed by atoms with van der Waals surface area (Å²) in [5, 5.41) is 4.34. The summed E-state index contributed by atoms with van der Waals surface area (Å²) in [6, 6.07) is 56.4. The molecule has 4 heteroatoms. The molecule has 9 rings (SSSR count). The number of rotatable bonds is 5. The van der Waals surface area contributed by atoms with Crippen molar-refractivity contribution in [2.24, 2.45) is 0 Å². The standard InChI is InChI=1S/C43H27N3O/c1-3-12-28(13-4-1)30-16-9-18-32(26-30)41-44-42(33-24-25-35-31(27-33)17-10-20-34(35)29-14-5-2-6-15-29)46-43(45-41)37-21-11-23-39-40(37)36-19-7-8-22-38(36)47-39/h1-27H.